The fourth-order valence-electron chi connectivity index (χ4n) is 3.83. The predicted molar refractivity (Wildman–Crippen MR) is 141 cm³/mol. The average molecular weight is 536 g/mol. The SMILES string of the molecule is COC(=O)[C@H](Cc1cc([N+](=O)[O-])ccc1OC)NC(=O)[C@@H](Cc1ccccc1)NC(=O)OCc1ccccc1. The second kappa shape index (κ2) is 14.1. The molecule has 39 heavy (non-hydrogen) atoms. The third kappa shape index (κ3) is 8.56. The Morgan fingerprint density at radius 2 is 1.49 bits per heavy atom. The topological polar surface area (TPSA) is 146 Å². The maximum absolute atomic E-state index is 13.4. The van der Waals surface area contributed by atoms with Gasteiger partial charge in [0.2, 0.25) is 5.91 Å². The number of nitrogens with zero attached hydrogens (tertiary/aromatic N) is 1. The van der Waals surface area contributed by atoms with Crippen molar-refractivity contribution in [1.82, 2.24) is 10.6 Å². The summed E-state index contributed by atoms with van der Waals surface area (Å²) in [7, 11) is 2.55. The van der Waals surface area contributed by atoms with Gasteiger partial charge < -0.3 is 24.8 Å². The van der Waals surface area contributed by atoms with Gasteiger partial charge in [0.05, 0.1) is 19.1 Å². The molecule has 0 bridgehead atoms. The van der Waals surface area contributed by atoms with Gasteiger partial charge in [-0.25, -0.2) is 9.59 Å². The summed E-state index contributed by atoms with van der Waals surface area (Å²) in [6, 6.07) is 19.7. The summed E-state index contributed by atoms with van der Waals surface area (Å²) in [4.78, 5) is 49.3. The minimum Gasteiger partial charge on any atom is -0.496 e. The summed E-state index contributed by atoms with van der Waals surface area (Å²) in [5.41, 5.74) is 1.65. The molecular weight excluding hydrogens is 506 g/mol. The molecule has 0 radical (unpaired) electrons. The summed E-state index contributed by atoms with van der Waals surface area (Å²) in [5.74, 6) is -1.15. The van der Waals surface area contributed by atoms with Crippen molar-refractivity contribution < 1.29 is 33.5 Å². The first-order valence-electron chi connectivity index (χ1n) is 12.0. The quantitative estimate of drug-likeness (QED) is 0.204. The minimum absolute atomic E-state index is 0.00369. The Labute approximate surface area is 225 Å². The number of hydrogen-bond acceptors (Lipinski definition) is 8. The average Bonchev–Trinajstić information content (AvgIpc) is 2.95. The molecule has 0 aliphatic rings. The van der Waals surface area contributed by atoms with Gasteiger partial charge in [-0.2, -0.15) is 0 Å². The third-order valence-corrected chi connectivity index (χ3v) is 5.81. The molecule has 11 nitrogen and oxygen atoms in total. The summed E-state index contributed by atoms with van der Waals surface area (Å²) in [6.07, 6.45) is -0.856. The maximum Gasteiger partial charge on any atom is 0.408 e. The molecule has 0 aromatic heterocycles. The number of nitrogens with one attached hydrogen (secondary N) is 2. The zero-order chi connectivity index (χ0) is 28.2. The van der Waals surface area contributed by atoms with Crippen LogP contribution in [0.4, 0.5) is 10.5 Å². The smallest absolute Gasteiger partial charge is 0.408 e. The van der Waals surface area contributed by atoms with E-state index in [0.29, 0.717) is 11.3 Å². The highest BCUT2D eigenvalue weighted by Crippen LogP contribution is 2.25. The molecule has 2 amide bonds. The van der Waals surface area contributed by atoms with E-state index in [9.17, 15) is 24.5 Å². The highest BCUT2D eigenvalue weighted by atomic mass is 16.6. The van der Waals surface area contributed by atoms with Crippen LogP contribution in [0.2, 0.25) is 0 Å². The Balaban J connectivity index is 1.79. The van der Waals surface area contributed by atoms with E-state index < -0.39 is 35.0 Å². The second-order valence-corrected chi connectivity index (χ2v) is 8.49. The van der Waals surface area contributed by atoms with Crippen molar-refractivity contribution >= 4 is 23.7 Å². The zero-order valence-electron chi connectivity index (χ0n) is 21.5. The molecule has 3 aromatic carbocycles. The largest absolute Gasteiger partial charge is 0.496 e. The van der Waals surface area contributed by atoms with E-state index in [1.54, 1.807) is 36.4 Å². The molecule has 11 heteroatoms. The molecule has 2 atom stereocenters. The minimum atomic E-state index is -1.22. The van der Waals surface area contributed by atoms with Gasteiger partial charge >= 0.3 is 12.1 Å². The van der Waals surface area contributed by atoms with Crippen LogP contribution in [-0.2, 0) is 38.5 Å². The van der Waals surface area contributed by atoms with E-state index in [2.05, 4.69) is 10.6 Å². The Hall–Kier alpha value is -4.93. The number of alkyl carbamates (subject to hydrolysis) is 1. The van der Waals surface area contributed by atoms with Gasteiger partial charge in [-0.15, -0.1) is 0 Å². The number of benzene rings is 3. The molecule has 0 heterocycles. The Morgan fingerprint density at radius 3 is 2.08 bits per heavy atom. The molecular formula is C28H29N3O8. The van der Waals surface area contributed by atoms with Crippen molar-refractivity contribution in [2.24, 2.45) is 0 Å². The third-order valence-electron chi connectivity index (χ3n) is 5.81. The highest BCUT2D eigenvalue weighted by molar-refractivity contribution is 5.90. The summed E-state index contributed by atoms with van der Waals surface area (Å²) in [6.45, 7) is 0.00369. The highest BCUT2D eigenvalue weighted by Gasteiger charge is 2.29. The van der Waals surface area contributed by atoms with Crippen molar-refractivity contribution in [3.63, 3.8) is 0 Å². The predicted octanol–water partition coefficient (Wildman–Crippen LogP) is 3.34. The van der Waals surface area contributed by atoms with Gasteiger partial charge in [-0.05, 0) is 17.2 Å². The lowest BCUT2D eigenvalue weighted by Crippen LogP contribution is -2.53. The molecule has 0 unspecified atom stereocenters. The van der Waals surface area contributed by atoms with Gasteiger partial charge in [0.1, 0.15) is 24.4 Å². The Kier molecular flexibility index (Phi) is 10.4. The van der Waals surface area contributed by atoms with Gasteiger partial charge in [0.15, 0.2) is 0 Å². The van der Waals surface area contributed by atoms with Crippen LogP contribution in [0.25, 0.3) is 0 Å². The molecule has 0 fully saturated rings. The van der Waals surface area contributed by atoms with Gasteiger partial charge in [-0.1, -0.05) is 60.7 Å². The van der Waals surface area contributed by atoms with Crippen molar-refractivity contribution in [3.05, 3.63) is 106 Å². The van der Waals surface area contributed by atoms with Crippen molar-refractivity contribution in [1.29, 1.82) is 0 Å². The van der Waals surface area contributed by atoms with E-state index in [4.69, 9.17) is 14.2 Å². The van der Waals surface area contributed by atoms with Crippen LogP contribution >= 0.6 is 0 Å². The summed E-state index contributed by atoms with van der Waals surface area (Å²) in [5, 5.41) is 16.4. The number of methoxy groups -OCH3 is 2. The molecule has 0 aliphatic heterocycles. The van der Waals surface area contributed by atoms with Crippen molar-refractivity contribution in [2.75, 3.05) is 14.2 Å². The number of carbonyl (C=O) groups is 3. The summed E-state index contributed by atoms with van der Waals surface area (Å²) < 4.78 is 15.4. The van der Waals surface area contributed by atoms with E-state index in [-0.39, 0.29) is 25.1 Å². The number of esters is 1. The monoisotopic (exact) mass is 535 g/mol. The number of carbonyl (C=O) groups excluding carboxylic acids is 3. The van der Waals surface area contributed by atoms with E-state index >= 15 is 0 Å². The van der Waals surface area contributed by atoms with Crippen LogP contribution in [0.15, 0.2) is 78.9 Å². The number of nitro groups is 1. The number of ether oxygens (including phenoxy) is 3. The second-order valence-electron chi connectivity index (χ2n) is 8.49. The van der Waals surface area contributed by atoms with E-state index in [1.165, 1.54) is 25.3 Å². The molecule has 3 aromatic rings. The molecule has 3 rings (SSSR count). The number of nitro benzene ring substituents is 1. The van der Waals surface area contributed by atoms with Crippen molar-refractivity contribution in [3.8, 4) is 5.75 Å². The number of rotatable bonds is 12. The Morgan fingerprint density at radius 1 is 0.846 bits per heavy atom. The van der Waals surface area contributed by atoms with Crippen molar-refractivity contribution in [2.45, 2.75) is 31.5 Å². The zero-order valence-corrected chi connectivity index (χ0v) is 21.5. The van der Waals surface area contributed by atoms with Gasteiger partial charge in [0, 0.05) is 30.5 Å². The molecule has 204 valence electrons. The normalized spacial score (nSPS) is 11.9. The lowest BCUT2D eigenvalue weighted by atomic mass is 10.0. The number of non-ortho nitro benzene ring substituents is 1. The molecule has 0 saturated carbocycles. The summed E-state index contributed by atoms with van der Waals surface area (Å²) >= 11 is 0. The fourth-order valence-corrected chi connectivity index (χ4v) is 3.83. The van der Waals surface area contributed by atoms with Crippen LogP contribution in [-0.4, -0.2) is 49.2 Å². The first-order valence-corrected chi connectivity index (χ1v) is 12.0. The maximum atomic E-state index is 13.4. The van der Waals surface area contributed by atoms with E-state index in [0.717, 1.165) is 18.2 Å². The number of amides is 2. The first kappa shape index (κ1) is 28.6. The van der Waals surface area contributed by atoms with E-state index in [1.807, 2.05) is 24.3 Å². The van der Waals surface area contributed by atoms with Gasteiger partial charge in [-0.3, -0.25) is 14.9 Å². The molecule has 0 spiro atoms. The molecule has 0 saturated heterocycles. The Bertz CT molecular complexity index is 1280. The van der Waals surface area contributed by atoms with Gasteiger partial charge in [0.25, 0.3) is 5.69 Å². The van der Waals surface area contributed by atoms with Crippen LogP contribution < -0.4 is 15.4 Å². The van der Waals surface area contributed by atoms with Crippen LogP contribution in [0.3, 0.4) is 0 Å². The lowest BCUT2D eigenvalue weighted by molar-refractivity contribution is -0.384. The fraction of sp³-hybridized carbons (Fsp3) is 0.250. The molecule has 2 N–H and O–H groups in total. The van der Waals surface area contributed by atoms with Crippen LogP contribution in [0.5, 0.6) is 5.75 Å². The standard InChI is InChI=1S/C28H29N3O8/c1-37-25-14-13-22(31(35)36)16-21(25)17-24(27(33)38-2)29-26(32)23(15-19-9-5-3-6-10-19)30-28(34)39-18-20-11-7-4-8-12-20/h3-14,16,23-24H,15,17-18H2,1-2H3,(H,29,32)(H,30,34)/t23-,24+/m1/s1. The first-order chi connectivity index (χ1) is 18.8. The van der Waals surface area contributed by atoms with Crippen LogP contribution in [0, 0.1) is 10.1 Å². The lowest BCUT2D eigenvalue weighted by Gasteiger charge is -2.23. The number of hydrogen-bond donors (Lipinski definition) is 2. The molecule has 0 aliphatic carbocycles. The van der Waals surface area contributed by atoms with Crippen LogP contribution in [0.1, 0.15) is 16.7 Å².